The van der Waals surface area contributed by atoms with Crippen molar-refractivity contribution >= 4 is 17.5 Å². The van der Waals surface area contributed by atoms with Crippen molar-refractivity contribution in [3.8, 4) is 0 Å². The average molecular weight is 307 g/mol. The van der Waals surface area contributed by atoms with Gasteiger partial charge >= 0.3 is 0 Å². The highest BCUT2D eigenvalue weighted by Gasteiger charge is 2.35. The second-order valence-electron chi connectivity index (χ2n) is 6.45. The molecule has 1 heterocycles. The molecule has 21 heavy (non-hydrogen) atoms. The van der Waals surface area contributed by atoms with E-state index in [1.54, 1.807) is 0 Å². The molecule has 114 valence electrons. The summed E-state index contributed by atoms with van der Waals surface area (Å²) in [6, 6.07) is 8.48. The first-order chi connectivity index (χ1) is 10.1. The van der Waals surface area contributed by atoms with Gasteiger partial charge in [-0.15, -0.1) is 0 Å². The summed E-state index contributed by atoms with van der Waals surface area (Å²) < 4.78 is 0. The molecule has 0 spiro atoms. The fourth-order valence-electron chi connectivity index (χ4n) is 3.21. The van der Waals surface area contributed by atoms with E-state index in [1.807, 2.05) is 24.3 Å². The van der Waals surface area contributed by atoms with Gasteiger partial charge in [0.1, 0.15) is 0 Å². The summed E-state index contributed by atoms with van der Waals surface area (Å²) in [6.07, 6.45) is 4.28. The lowest BCUT2D eigenvalue weighted by molar-refractivity contribution is -0.127. The third-order valence-corrected chi connectivity index (χ3v) is 4.87. The highest BCUT2D eigenvalue weighted by atomic mass is 35.5. The molecule has 4 heteroatoms. The van der Waals surface area contributed by atoms with Crippen molar-refractivity contribution < 1.29 is 4.79 Å². The van der Waals surface area contributed by atoms with E-state index in [9.17, 15) is 4.79 Å². The highest BCUT2D eigenvalue weighted by molar-refractivity contribution is 6.30. The minimum atomic E-state index is 0.148. The van der Waals surface area contributed by atoms with E-state index >= 15 is 0 Å². The minimum absolute atomic E-state index is 0.148. The summed E-state index contributed by atoms with van der Waals surface area (Å²) >= 11 is 5.96. The summed E-state index contributed by atoms with van der Waals surface area (Å²) in [6.45, 7) is 3.09. The molecule has 1 saturated heterocycles. The molecule has 1 aliphatic heterocycles. The van der Waals surface area contributed by atoms with Gasteiger partial charge in [0.15, 0.2) is 0 Å². The summed E-state index contributed by atoms with van der Waals surface area (Å²) in [5, 5.41) is 7.44. The van der Waals surface area contributed by atoms with Crippen LogP contribution in [-0.4, -0.2) is 18.5 Å². The molecule has 3 atom stereocenters. The molecule has 1 aromatic carbocycles. The van der Waals surface area contributed by atoms with Crippen LogP contribution in [0.25, 0.3) is 0 Å². The van der Waals surface area contributed by atoms with E-state index < -0.39 is 0 Å². The van der Waals surface area contributed by atoms with Gasteiger partial charge in [0.05, 0.1) is 6.04 Å². The molecule has 1 amide bonds. The van der Waals surface area contributed by atoms with Crippen molar-refractivity contribution in [2.75, 3.05) is 6.54 Å². The fraction of sp³-hybridized carbons (Fsp3) is 0.588. The summed E-state index contributed by atoms with van der Waals surface area (Å²) in [5.74, 6) is 0.958. The number of hydrogen-bond acceptors (Lipinski definition) is 2. The van der Waals surface area contributed by atoms with Crippen LogP contribution in [0, 0.1) is 11.8 Å². The number of hydrogen-bond donors (Lipinski definition) is 2. The van der Waals surface area contributed by atoms with Gasteiger partial charge in [-0.3, -0.25) is 4.79 Å². The van der Waals surface area contributed by atoms with Crippen molar-refractivity contribution in [1.82, 2.24) is 10.6 Å². The molecular weight excluding hydrogens is 284 g/mol. The molecule has 3 rings (SSSR count). The Kier molecular flexibility index (Phi) is 4.51. The number of carbonyl (C=O) groups is 1. The van der Waals surface area contributed by atoms with Gasteiger partial charge in [-0.05, 0) is 62.8 Å². The molecule has 0 bridgehead atoms. The normalized spacial score (nSPS) is 27.1. The largest absolute Gasteiger partial charge is 0.349 e. The zero-order valence-corrected chi connectivity index (χ0v) is 13.2. The van der Waals surface area contributed by atoms with Crippen LogP contribution >= 0.6 is 11.6 Å². The lowest BCUT2D eigenvalue weighted by atomic mass is 9.91. The van der Waals surface area contributed by atoms with E-state index in [4.69, 9.17) is 11.6 Å². The lowest BCUT2D eigenvalue weighted by Crippen LogP contribution is -2.43. The number of benzene rings is 1. The first-order valence-electron chi connectivity index (χ1n) is 7.92. The van der Waals surface area contributed by atoms with Crippen molar-refractivity contribution in [3.05, 3.63) is 34.9 Å². The molecule has 2 fully saturated rings. The van der Waals surface area contributed by atoms with Crippen LogP contribution in [0.3, 0.4) is 0 Å². The Bertz CT molecular complexity index is 498. The third-order valence-electron chi connectivity index (χ3n) is 4.61. The van der Waals surface area contributed by atoms with E-state index in [1.165, 1.54) is 18.4 Å². The maximum atomic E-state index is 12.6. The molecule has 1 aromatic rings. The molecule has 1 aliphatic carbocycles. The van der Waals surface area contributed by atoms with Gasteiger partial charge in [0.2, 0.25) is 5.91 Å². The Labute approximate surface area is 131 Å². The summed E-state index contributed by atoms with van der Waals surface area (Å²) in [5.41, 5.74) is 1.18. The Morgan fingerprint density at radius 3 is 2.62 bits per heavy atom. The number of halogens is 1. The van der Waals surface area contributed by atoms with Crippen LogP contribution in [0.5, 0.6) is 0 Å². The van der Waals surface area contributed by atoms with Gasteiger partial charge in [-0.2, -0.15) is 0 Å². The molecule has 3 nitrogen and oxygen atoms in total. The molecule has 1 saturated carbocycles. The van der Waals surface area contributed by atoms with Crippen molar-refractivity contribution in [3.63, 3.8) is 0 Å². The zero-order chi connectivity index (χ0) is 14.8. The number of carbonyl (C=O) groups excluding carboxylic acids is 1. The predicted octanol–water partition coefficient (Wildman–Crippen LogP) is 3.30. The molecule has 2 N–H and O–H groups in total. The Morgan fingerprint density at radius 1 is 1.29 bits per heavy atom. The Hall–Kier alpha value is -1.06. The van der Waals surface area contributed by atoms with Gasteiger partial charge in [0, 0.05) is 17.0 Å². The molecular formula is C17H23ClN2O. The van der Waals surface area contributed by atoms with Crippen molar-refractivity contribution in [2.45, 2.75) is 44.7 Å². The molecule has 1 unspecified atom stereocenters. The predicted molar refractivity (Wildman–Crippen MR) is 85.2 cm³/mol. The second-order valence-corrected chi connectivity index (χ2v) is 6.89. The van der Waals surface area contributed by atoms with Crippen molar-refractivity contribution in [1.29, 1.82) is 0 Å². The van der Waals surface area contributed by atoms with Crippen LogP contribution in [0.4, 0.5) is 0 Å². The highest BCUT2D eigenvalue weighted by Crippen LogP contribution is 2.41. The first kappa shape index (κ1) is 14.9. The quantitative estimate of drug-likeness (QED) is 0.896. The van der Waals surface area contributed by atoms with Gasteiger partial charge in [-0.1, -0.05) is 23.7 Å². The van der Waals surface area contributed by atoms with Crippen LogP contribution in [0.2, 0.25) is 5.02 Å². The van der Waals surface area contributed by atoms with E-state index in [0.717, 1.165) is 24.4 Å². The number of nitrogens with one attached hydrogen (secondary N) is 2. The van der Waals surface area contributed by atoms with Gasteiger partial charge in [0.25, 0.3) is 0 Å². The first-order valence-corrected chi connectivity index (χ1v) is 8.30. The number of piperidine rings is 1. The average Bonchev–Trinajstić information content (AvgIpc) is 3.30. The maximum Gasteiger partial charge on any atom is 0.223 e. The van der Waals surface area contributed by atoms with Crippen LogP contribution in [-0.2, 0) is 4.79 Å². The number of rotatable bonds is 4. The standard InChI is InChI=1S/C17H23ClN2O/c1-11-10-14(8-9-19-11)17(21)20-16(12-2-3-12)13-4-6-15(18)7-5-13/h4-7,11-12,14,16,19H,2-3,8-10H2,1H3,(H,20,21)/t11-,14-,16?/m0/s1. The smallest absolute Gasteiger partial charge is 0.223 e. The van der Waals surface area contributed by atoms with E-state index in [-0.39, 0.29) is 17.9 Å². The summed E-state index contributed by atoms with van der Waals surface area (Å²) in [4.78, 5) is 12.6. The topological polar surface area (TPSA) is 41.1 Å². The third kappa shape index (κ3) is 3.78. The van der Waals surface area contributed by atoms with Crippen molar-refractivity contribution in [2.24, 2.45) is 11.8 Å². The number of amides is 1. The van der Waals surface area contributed by atoms with E-state index in [2.05, 4.69) is 17.6 Å². The summed E-state index contributed by atoms with van der Waals surface area (Å²) in [7, 11) is 0. The SMILES string of the molecule is C[C@H]1C[C@@H](C(=O)NC(c2ccc(Cl)cc2)C2CC2)CCN1. The molecule has 0 aromatic heterocycles. The minimum Gasteiger partial charge on any atom is -0.349 e. The molecule has 2 aliphatic rings. The Morgan fingerprint density at radius 2 is 2.00 bits per heavy atom. The van der Waals surface area contributed by atoms with Crippen LogP contribution in [0.1, 0.15) is 44.2 Å². The zero-order valence-electron chi connectivity index (χ0n) is 12.4. The van der Waals surface area contributed by atoms with E-state index in [0.29, 0.717) is 12.0 Å². The lowest BCUT2D eigenvalue weighted by Gasteiger charge is -2.29. The maximum absolute atomic E-state index is 12.6. The van der Waals surface area contributed by atoms with Gasteiger partial charge in [-0.25, -0.2) is 0 Å². The monoisotopic (exact) mass is 306 g/mol. The van der Waals surface area contributed by atoms with Gasteiger partial charge < -0.3 is 10.6 Å². The van der Waals surface area contributed by atoms with Crippen LogP contribution < -0.4 is 10.6 Å². The van der Waals surface area contributed by atoms with Crippen LogP contribution in [0.15, 0.2) is 24.3 Å². The molecule has 0 radical (unpaired) electrons. The fourth-order valence-corrected chi connectivity index (χ4v) is 3.34. The Balaban J connectivity index is 1.67. The second kappa shape index (κ2) is 6.37.